The maximum Gasteiger partial charge on any atom is 0.311 e. The number of hydrogen-bond donors (Lipinski definition) is 1. The topological polar surface area (TPSA) is 89.7 Å². The first-order chi connectivity index (χ1) is 7.54. The number of carboxylic acid groups (broad SMARTS) is 1. The summed E-state index contributed by atoms with van der Waals surface area (Å²) in [6.45, 7) is 2.04. The molecule has 0 aliphatic heterocycles. The van der Waals surface area contributed by atoms with Gasteiger partial charge < -0.3 is 9.84 Å². The zero-order valence-electron chi connectivity index (χ0n) is 8.67. The summed E-state index contributed by atoms with van der Waals surface area (Å²) in [5.41, 5.74) is 0.170. The second-order valence-electron chi connectivity index (χ2n) is 3.06. The lowest BCUT2D eigenvalue weighted by atomic mass is 10.1. The summed E-state index contributed by atoms with van der Waals surface area (Å²) >= 11 is 0. The van der Waals surface area contributed by atoms with E-state index in [0.29, 0.717) is 12.2 Å². The van der Waals surface area contributed by atoms with Gasteiger partial charge in [0.1, 0.15) is 0 Å². The minimum Gasteiger partial charge on any atom is -0.487 e. The maximum atomic E-state index is 10.7. The van der Waals surface area contributed by atoms with Gasteiger partial charge in [-0.1, -0.05) is 6.07 Å². The van der Waals surface area contributed by atoms with Crippen molar-refractivity contribution in [2.75, 3.05) is 6.61 Å². The monoisotopic (exact) mass is 225 g/mol. The van der Waals surface area contributed by atoms with Gasteiger partial charge in [0, 0.05) is 6.07 Å². The van der Waals surface area contributed by atoms with Crippen LogP contribution in [0.3, 0.4) is 0 Å². The van der Waals surface area contributed by atoms with Crippen molar-refractivity contribution in [3.05, 3.63) is 33.9 Å². The summed E-state index contributed by atoms with van der Waals surface area (Å²) in [6.07, 6.45) is -0.243. The third kappa shape index (κ3) is 2.94. The van der Waals surface area contributed by atoms with Gasteiger partial charge >= 0.3 is 11.7 Å². The molecule has 1 rings (SSSR count). The molecule has 0 aliphatic rings. The molecule has 0 atom stereocenters. The van der Waals surface area contributed by atoms with Crippen LogP contribution in [0.25, 0.3) is 0 Å². The molecule has 0 amide bonds. The number of nitro groups is 1. The molecular formula is C10H11NO5. The van der Waals surface area contributed by atoms with Gasteiger partial charge in [0.2, 0.25) is 0 Å². The van der Waals surface area contributed by atoms with Crippen molar-refractivity contribution in [1.29, 1.82) is 0 Å². The average Bonchev–Trinajstić information content (AvgIpc) is 2.19. The van der Waals surface area contributed by atoms with E-state index in [0.717, 1.165) is 0 Å². The fraction of sp³-hybridized carbons (Fsp3) is 0.300. The highest BCUT2D eigenvalue weighted by Crippen LogP contribution is 2.28. The predicted octanol–water partition coefficient (Wildman–Crippen LogP) is 1.62. The second-order valence-corrected chi connectivity index (χ2v) is 3.06. The maximum absolute atomic E-state index is 10.7. The summed E-state index contributed by atoms with van der Waals surface area (Å²) < 4.78 is 5.07. The van der Waals surface area contributed by atoms with Crippen molar-refractivity contribution in [2.45, 2.75) is 13.3 Å². The molecule has 0 fully saturated rings. The van der Waals surface area contributed by atoms with E-state index in [9.17, 15) is 14.9 Å². The molecule has 0 radical (unpaired) electrons. The normalized spacial score (nSPS) is 9.81. The first-order valence-corrected chi connectivity index (χ1v) is 4.66. The van der Waals surface area contributed by atoms with Crippen molar-refractivity contribution >= 4 is 11.7 Å². The van der Waals surface area contributed by atoms with Gasteiger partial charge in [-0.3, -0.25) is 14.9 Å². The molecule has 0 aromatic heterocycles. The van der Waals surface area contributed by atoms with Gasteiger partial charge in [0.15, 0.2) is 5.75 Å². The Kier molecular flexibility index (Phi) is 3.82. The summed E-state index contributed by atoms with van der Waals surface area (Å²) in [7, 11) is 0. The van der Waals surface area contributed by atoms with E-state index in [1.807, 2.05) is 0 Å². The number of hydrogen-bond acceptors (Lipinski definition) is 4. The van der Waals surface area contributed by atoms with Crippen molar-refractivity contribution in [1.82, 2.24) is 0 Å². The smallest absolute Gasteiger partial charge is 0.311 e. The number of rotatable bonds is 5. The average molecular weight is 225 g/mol. The van der Waals surface area contributed by atoms with Crippen LogP contribution < -0.4 is 4.74 Å². The van der Waals surface area contributed by atoms with Crippen LogP contribution in [0.2, 0.25) is 0 Å². The molecule has 0 saturated heterocycles. The molecule has 16 heavy (non-hydrogen) atoms. The molecule has 86 valence electrons. The number of carboxylic acids is 1. The largest absolute Gasteiger partial charge is 0.487 e. The second kappa shape index (κ2) is 5.11. The Morgan fingerprint density at radius 3 is 2.75 bits per heavy atom. The Hall–Kier alpha value is -2.11. The number of benzene rings is 1. The lowest BCUT2D eigenvalue weighted by Gasteiger charge is -2.05. The minimum atomic E-state index is -1.03. The summed E-state index contributed by atoms with van der Waals surface area (Å²) in [5.74, 6) is -0.875. The number of carbonyl (C=O) groups is 1. The van der Waals surface area contributed by atoms with Gasteiger partial charge in [-0.2, -0.15) is 0 Å². The fourth-order valence-electron chi connectivity index (χ4n) is 1.27. The molecule has 6 heteroatoms. The standard InChI is InChI=1S/C10H11NO5/c1-2-16-9-4-3-7(6-10(12)13)5-8(9)11(14)15/h3-5H,2,6H2,1H3,(H,12,13). The quantitative estimate of drug-likeness (QED) is 0.607. The zero-order valence-corrected chi connectivity index (χ0v) is 8.67. The molecule has 6 nitrogen and oxygen atoms in total. The van der Waals surface area contributed by atoms with Crippen LogP contribution in [-0.2, 0) is 11.2 Å². The minimum absolute atomic E-state index is 0.154. The molecule has 0 aliphatic carbocycles. The first-order valence-electron chi connectivity index (χ1n) is 4.66. The summed E-state index contributed by atoms with van der Waals surface area (Å²) in [4.78, 5) is 20.6. The Bertz CT molecular complexity index is 416. The van der Waals surface area contributed by atoms with Crippen LogP contribution in [-0.4, -0.2) is 22.6 Å². The van der Waals surface area contributed by atoms with E-state index in [1.54, 1.807) is 6.92 Å². The lowest BCUT2D eigenvalue weighted by molar-refractivity contribution is -0.385. The van der Waals surface area contributed by atoms with Gasteiger partial charge in [0.25, 0.3) is 0 Å². The Morgan fingerprint density at radius 2 is 2.25 bits per heavy atom. The van der Waals surface area contributed by atoms with Gasteiger partial charge in [0.05, 0.1) is 18.0 Å². The van der Waals surface area contributed by atoms with Gasteiger partial charge in [-0.25, -0.2) is 0 Å². The van der Waals surface area contributed by atoms with Crippen LogP contribution in [0.1, 0.15) is 12.5 Å². The molecular weight excluding hydrogens is 214 g/mol. The highest BCUT2D eigenvalue weighted by molar-refractivity contribution is 5.71. The molecule has 1 aromatic carbocycles. The Labute approximate surface area is 91.6 Å². The van der Waals surface area contributed by atoms with E-state index in [1.165, 1.54) is 18.2 Å². The third-order valence-electron chi connectivity index (χ3n) is 1.88. The summed E-state index contributed by atoms with van der Waals surface area (Å²) in [5, 5.41) is 19.3. The van der Waals surface area contributed by atoms with Crippen LogP contribution in [0.15, 0.2) is 18.2 Å². The number of nitro benzene ring substituents is 1. The van der Waals surface area contributed by atoms with E-state index >= 15 is 0 Å². The molecule has 0 bridgehead atoms. The van der Waals surface area contributed by atoms with Crippen LogP contribution >= 0.6 is 0 Å². The lowest BCUT2D eigenvalue weighted by Crippen LogP contribution is -2.02. The summed E-state index contributed by atoms with van der Waals surface area (Å²) in [6, 6.07) is 4.14. The van der Waals surface area contributed by atoms with Crippen LogP contribution in [0.4, 0.5) is 5.69 Å². The fourth-order valence-corrected chi connectivity index (χ4v) is 1.27. The molecule has 1 N–H and O–H groups in total. The predicted molar refractivity (Wildman–Crippen MR) is 55.6 cm³/mol. The van der Waals surface area contributed by atoms with Crippen molar-refractivity contribution < 1.29 is 19.6 Å². The highest BCUT2D eigenvalue weighted by atomic mass is 16.6. The van der Waals surface area contributed by atoms with E-state index < -0.39 is 10.9 Å². The van der Waals surface area contributed by atoms with Crippen LogP contribution in [0.5, 0.6) is 5.75 Å². The molecule has 0 saturated carbocycles. The van der Waals surface area contributed by atoms with E-state index in [4.69, 9.17) is 9.84 Å². The Balaban J connectivity index is 3.06. The van der Waals surface area contributed by atoms with E-state index in [2.05, 4.69) is 0 Å². The molecule has 0 unspecified atom stereocenters. The number of nitrogens with zero attached hydrogens (tertiary/aromatic N) is 1. The van der Waals surface area contributed by atoms with Gasteiger partial charge in [-0.05, 0) is 18.6 Å². The SMILES string of the molecule is CCOc1ccc(CC(=O)O)cc1[N+](=O)[O-]. The highest BCUT2D eigenvalue weighted by Gasteiger charge is 2.16. The van der Waals surface area contributed by atoms with Crippen molar-refractivity contribution in [3.63, 3.8) is 0 Å². The van der Waals surface area contributed by atoms with Crippen LogP contribution in [0, 0.1) is 10.1 Å². The van der Waals surface area contributed by atoms with Crippen molar-refractivity contribution in [2.24, 2.45) is 0 Å². The number of ether oxygens (including phenoxy) is 1. The third-order valence-corrected chi connectivity index (χ3v) is 1.88. The molecule has 0 heterocycles. The van der Waals surface area contributed by atoms with Crippen molar-refractivity contribution in [3.8, 4) is 5.75 Å². The van der Waals surface area contributed by atoms with Gasteiger partial charge in [-0.15, -0.1) is 0 Å². The molecule has 1 aromatic rings. The first kappa shape index (κ1) is 12.0. The molecule has 0 spiro atoms. The Morgan fingerprint density at radius 1 is 1.56 bits per heavy atom. The number of aliphatic carboxylic acids is 1. The zero-order chi connectivity index (χ0) is 12.1. The van der Waals surface area contributed by atoms with E-state index in [-0.39, 0.29) is 17.9 Å².